The molecule has 0 bridgehead atoms. The predicted molar refractivity (Wildman–Crippen MR) is 83.0 cm³/mol. The Morgan fingerprint density at radius 3 is 2.50 bits per heavy atom. The summed E-state index contributed by atoms with van der Waals surface area (Å²) >= 11 is 3.37. The van der Waals surface area contributed by atoms with Gasteiger partial charge < -0.3 is 20.0 Å². The molecule has 132 valence electrons. The van der Waals surface area contributed by atoms with E-state index in [1.54, 1.807) is 6.07 Å². The zero-order valence-electron chi connectivity index (χ0n) is 12.1. The lowest BCUT2D eigenvalue weighted by Gasteiger charge is -2.07. The molecule has 2 rings (SSSR count). The van der Waals surface area contributed by atoms with Gasteiger partial charge in [0.15, 0.2) is 0 Å². The third kappa shape index (κ3) is 6.20. The molecule has 0 fully saturated rings. The van der Waals surface area contributed by atoms with E-state index in [0.29, 0.717) is 24.5 Å². The minimum absolute atomic E-state index is 0.414. The average molecular weight is 412 g/mol. The van der Waals surface area contributed by atoms with Crippen LogP contribution in [-0.2, 0) is 4.79 Å². The van der Waals surface area contributed by atoms with Crippen molar-refractivity contribution in [1.82, 2.24) is 0 Å². The SMILES string of the molecule is NCCCOc1cc(=O)oc2ccc(Br)cc12.O=C(O)C(F)(F)F. The van der Waals surface area contributed by atoms with Crippen LogP contribution >= 0.6 is 15.9 Å². The summed E-state index contributed by atoms with van der Waals surface area (Å²) in [7, 11) is 0. The van der Waals surface area contributed by atoms with Crippen LogP contribution in [0.1, 0.15) is 6.42 Å². The molecule has 0 atom stereocenters. The molecular weight excluding hydrogens is 399 g/mol. The number of fused-ring (bicyclic) bond motifs is 1. The largest absolute Gasteiger partial charge is 0.492 e. The van der Waals surface area contributed by atoms with Crippen molar-refractivity contribution in [1.29, 1.82) is 0 Å². The summed E-state index contributed by atoms with van der Waals surface area (Å²) in [6.45, 7) is 1.05. The molecule has 0 saturated heterocycles. The van der Waals surface area contributed by atoms with Gasteiger partial charge in [-0.05, 0) is 31.2 Å². The van der Waals surface area contributed by atoms with Crippen LogP contribution in [0, 0.1) is 0 Å². The molecule has 1 aromatic carbocycles. The van der Waals surface area contributed by atoms with Crippen LogP contribution in [0.25, 0.3) is 11.0 Å². The van der Waals surface area contributed by atoms with Crippen molar-refractivity contribution >= 4 is 32.9 Å². The van der Waals surface area contributed by atoms with E-state index in [1.807, 2.05) is 12.1 Å². The predicted octanol–water partition coefficient (Wildman–Crippen LogP) is 2.92. The van der Waals surface area contributed by atoms with E-state index < -0.39 is 17.8 Å². The monoisotopic (exact) mass is 411 g/mol. The Balaban J connectivity index is 0.000000351. The van der Waals surface area contributed by atoms with Gasteiger partial charge in [0.2, 0.25) is 0 Å². The minimum atomic E-state index is -5.08. The molecule has 6 nitrogen and oxygen atoms in total. The van der Waals surface area contributed by atoms with Crippen molar-refractivity contribution in [3.63, 3.8) is 0 Å². The Bertz CT molecular complexity index is 760. The van der Waals surface area contributed by atoms with Gasteiger partial charge in [-0.25, -0.2) is 9.59 Å². The first-order chi connectivity index (χ1) is 11.1. The summed E-state index contributed by atoms with van der Waals surface area (Å²) in [5.74, 6) is -2.22. The molecule has 0 radical (unpaired) electrons. The van der Waals surface area contributed by atoms with E-state index in [4.69, 9.17) is 24.8 Å². The van der Waals surface area contributed by atoms with Crippen LogP contribution in [0.15, 0.2) is 37.9 Å². The molecule has 0 aliphatic carbocycles. The van der Waals surface area contributed by atoms with E-state index in [2.05, 4.69) is 15.9 Å². The number of nitrogens with two attached hydrogens (primary N) is 1. The van der Waals surface area contributed by atoms with E-state index in [1.165, 1.54) is 6.07 Å². The summed E-state index contributed by atoms with van der Waals surface area (Å²) in [6.07, 6.45) is -4.34. The minimum Gasteiger partial charge on any atom is -0.492 e. The number of carboxylic acids is 1. The van der Waals surface area contributed by atoms with Gasteiger partial charge in [-0.1, -0.05) is 15.9 Å². The second-order valence-corrected chi connectivity index (χ2v) is 5.28. The lowest BCUT2D eigenvalue weighted by molar-refractivity contribution is -0.192. The molecule has 1 heterocycles. The molecule has 0 spiro atoms. The molecule has 2 aromatic rings. The zero-order chi connectivity index (χ0) is 18.3. The van der Waals surface area contributed by atoms with E-state index >= 15 is 0 Å². The molecule has 0 aliphatic rings. The Hall–Kier alpha value is -2.07. The van der Waals surface area contributed by atoms with Crippen molar-refractivity contribution in [2.24, 2.45) is 5.73 Å². The van der Waals surface area contributed by atoms with Crippen molar-refractivity contribution in [2.75, 3.05) is 13.2 Å². The standard InChI is InChI=1S/C12H12BrNO3.C2HF3O2/c13-8-2-3-10-9(6-8)11(7-12(15)17-10)16-5-1-4-14;3-2(4,5)1(6)7/h2-3,6-7H,1,4-5,14H2;(H,6,7). The number of carbonyl (C=O) groups is 1. The zero-order valence-corrected chi connectivity index (χ0v) is 13.7. The van der Waals surface area contributed by atoms with Crippen molar-refractivity contribution in [3.8, 4) is 5.75 Å². The lowest BCUT2D eigenvalue weighted by Crippen LogP contribution is -2.21. The number of ether oxygens (including phenoxy) is 1. The Morgan fingerprint density at radius 1 is 1.33 bits per heavy atom. The first-order valence-corrected chi connectivity index (χ1v) is 7.31. The molecule has 0 saturated carbocycles. The lowest BCUT2D eigenvalue weighted by atomic mass is 10.2. The molecule has 1 aromatic heterocycles. The highest BCUT2D eigenvalue weighted by molar-refractivity contribution is 9.10. The maximum absolute atomic E-state index is 11.3. The molecule has 0 aliphatic heterocycles. The maximum Gasteiger partial charge on any atom is 0.490 e. The highest BCUT2D eigenvalue weighted by atomic mass is 79.9. The summed E-state index contributed by atoms with van der Waals surface area (Å²) in [5, 5.41) is 7.90. The van der Waals surface area contributed by atoms with E-state index in [9.17, 15) is 18.0 Å². The van der Waals surface area contributed by atoms with Crippen molar-refractivity contribution in [2.45, 2.75) is 12.6 Å². The van der Waals surface area contributed by atoms with Crippen LogP contribution in [0.3, 0.4) is 0 Å². The fraction of sp³-hybridized carbons (Fsp3) is 0.286. The normalized spacial score (nSPS) is 10.9. The number of aliphatic carboxylic acids is 1. The first kappa shape index (κ1) is 20.0. The van der Waals surface area contributed by atoms with Crippen LogP contribution in [0.4, 0.5) is 13.2 Å². The van der Waals surface area contributed by atoms with Crippen molar-refractivity contribution < 1.29 is 32.2 Å². The van der Waals surface area contributed by atoms with Crippen LogP contribution in [-0.4, -0.2) is 30.4 Å². The number of carboxylic acid groups (broad SMARTS) is 1. The number of benzene rings is 1. The van der Waals surface area contributed by atoms with Crippen LogP contribution in [0.5, 0.6) is 5.75 Å². The number of halogens is 4. The van der Waals surface area contributed by atoms with Gasteiger partial charge in [0.05, 0.1) is 18.1 Å². The van der Waals surface area contributed by atoms with Crippen molar-refractivity contribution in [3.05, 3.63) is 39.2 Å². The smallest absolute Gasteiger partial charge is 0.490 e. The summed E-state index contributed by atoms with van der Waals surface area (Å²) < 4.78 is 43.3. The van der Waals surface area contributed by atoms with Gasteiger partial charge in [0.1, 0.15) is 11.3 Å². The van der Waals surface area contributed by atoms with Gasteiger partial charge in [0, 0.05) is 4.47 Å². The summed E-state index contributed by atoms with van der Waals surface area (Å²) in [4.78, 5) is 20.2. The third-order valence-electron chi connectivity index (χ3n) is 2.52. The van der Waals surface area contributed by atoms with Gasteiger partial charge in [-0.15, -0.1) is 0 Å². The Morgan fingerprint density at radius 2 is 1.96 bits per heavy atom. The number of hydrogen-bond donors (Lipinski definition) is 2. The second kappa shape index (κ2) is 8.69. The first-order valence-electron chi connectivity index (χ1n) is 6.51. The van der Waals surface area contributed by atoms with Crippen LogP contribution < -0.4 is 16.1 Å². The Kier molecular flexibility index (Phi) is 7.23. The average Bonchev–Trinajstić information content (AvgIpc) is 2.47. The van der Waals surface area contributed by atoms with Gasteiger partial charge in [-0.2, -0.15) is 13.2 Å². The number of hydrogen-bond acceptors (Lipinski definition) is 5. The molecule has 0 unspecified atom stereocenters. The summed E-state index contributed by atoms with van der Waals surface area (Å²) in [5.41, 5.74) is 5.49. The molecule has 3 N–H and O–H groups in total. The molecule has 0 amide bonds. The number of rotatable bonds is 4. The third-order valence-corrected chi connectivity index (χ3v) is 3.01. The highest BCUT2D eigenvalue weighted by Gasteiger charge is 2.38. The fourth-order valence-electron chi connectivity index (χ4n) is 1.49. The van der Waals surface area contributed by atoms with Gasteiger partial charge in [-0.3, -0.25) is 0 Å². The molecule has 10 heteroatoms. The summed E-state index contributed by atoms with van der Waals surface area (Å²) in [6, 6.07) is 6.76. The van der Waals surface area contributed by atoms with Gasteiger partial charge >= 0.3 is 17.8 Å². The van der Waals surface area contributed by atoms with E-state index in [-0.39, 0.29) is 0 Å². The maximum atomic E-state index is 11.3. The number of alkyl halides is 3. The quantitative estimate of drug-likeness (QED) is 0.592. The van der Waals surface area contributed by atoms with Crippen LogP contribution in [0.2, 0.25) is 0 Å². The highest BCUT2D eigenvalue weighted by Crippen LogP contribution is 2.26. The molecule has 24 heavy (non-hydrogen) atoms. The Labute approximate surface area is 142 Å². The van der Waals surface area contributed by atoms with E-state index in [0.717, 1.165) is 16.3 Å². The van der Waals surface area contributed by atoms with Gasteiger partial charge in [0.25, 0.3) is 0 Å². The topological polar surface area (TPSA) is 103 Å². The molecular formula is C14H13BrF3NO5. The fourth-order valence-corrected chi connectivity index (χ4v) is 1.85. The second-order valence-electron chi connectivity index (χ2n) is 4.36.